The molecule has 0 aliphatic heterocycles. The van der Waals surface area contributed by atoms with Gasteiger partial charge in [0.2, 0.25) is 0 Å². The minimum Gasteiger partial charge on any atom is -0.378 e. The van der Waals surface area contributed by atoms with E-state index in [-0.39, 0.29) is 10.8 Å². The number of halogens is 1. The topological polar surface area (TPSA) is 20.2 Å². The fourth-order valence-corrected chi connectivity index (χ4v) is 9.88. The van der Waals surface area contributed by atoms with Gasteiger partial charge in [0, 0.05) is 5.41 Å². The summed E-state index contributed by atoms with van der Waals surface area (Å²) in [6.45, 7) is 19.5. The first-order valence-corrected chi connectivity index (χ1v) is 14.3. The van der Waals surface area contributed by atoms with Gasteiger partial charge >= 0.3 is 0 Å². The number of fused-ring (bicyclic) bond motifs is 4. The van der Waals surface area contributed by atoms with Gasteiger partial charge in [-0.1, -0.05) is 80.3 Å². The van der Waals surface area contributed by atoms with E-state index in [1.54, 1.807) is 0 Å². The molecular weight excluding hydrogens is 456 g/mol. The summed E-state index contributed by atoms with van der Waals surface area (Å²) in [5.41, 5.74) is 6.12. The molecule has 4 aliphatic carbocycles. The third-order valence-corrected chi connectivity index (χ3v) is 13.2. The highest BCUT2D eigenvalue weighted by Gasteiger charge is 2.65. The van der Waals surface area contributed by atoms with Gasteiger partial charge in [0.15, 0.2) is 0 Å². The van der Waals surface area contributed by atoms with E-state index in [2.05, 4.69) is 77.4 Å². The van der Waals surface area contributed by atoms with Crippen LogP contribution in [0.1, 0.15) is 120 Å². The molecule has 1 N–H and O–H groups in total. The lowest BCUT2D eigenvalue weighted by Crippen LogP contribution is -2.58. The van der Waals surface area contributed by atoms with E-state index in [9.17, 15) is 5.11 Å². The average molecular weight is 506 g/mol. The largest absolute Gasteiger partial charge is 0.378 e. The summed E-state index contributed by atoms with van der Waals surface area (Å²) in [4.78, 5) is 0. The Labute approximate surface area is 207 Å². The highest BCUT2D eigenvalue weighted by molar-refractivity contribution is 9.10. The van der Waals surface area contributed by atoms with Gasteiger partial charge in [-0.05, 0) is 112 Å². The molecule has 0 amide bonds. The molecule has 0 radical (unpaired) electrons. The van der Waals surface area contributed by atoms with E-state index >= 15 is 0 Å². The van der Waals surface area contributed by atoms with E-state index < -0.39 is 4.51 Å². The van der Waals surface area contributed by atoms with Gasteiger partial charge in [0.1, 0.15) is 4.51 Å². The normalized spacial score (nSPS) is 46.2. The summed E-state index contributed by atoms with van der Waals surface area (Å²) in [6, 6.07) is 0. The summed E-state index contributed by atoms with van der Waals surface area (Å²) in [6.07, 6.45) is 14.9. The molecule has 4 aliphatic rings. The molecule has 2 saturated carbocycles. The average Bonchev–Trinajstić information content (AvgIpc) is 2.97. The molecule has 0 saturated heterocycles. The summed E-state index contributed by atoms with van der Waals surface area (Å²) in [7, 11) is 0. The van der Waals surface area contributed by atoms with Crippen LogP contribution in [0.4, 0.5) is 0 Å². The number of rotatable bonds is 4. The molecule has 1 nitrogen and oxygen atoms in total. The second-order valence-electron chi connectivity index (χ2n) is 13.7. The van der Waals surface area contributed by atoms with Crippen LogP contribution < -0.4 is 0 Å². The summed E-state index contributed by atoms with van der Waals surface area (Å²) >= 11 is 3.74. The van der Waals surface area contributed by atoms with Crippen molar-refractivity contribution in [1.29, 1.82) is 0 Å². The molecule has 2 heteroatoms. The maximum atomic E-state index is 11.2. The first kappa shape index (κ1) is 25.0. The third kappa shape index (κ3) is 3.39. The first-order valence-electron chi connectivity index (χ1n) is 13.5. The van der Waals surface area contributed by atoms with Crippen LogP contribution in [-0.2, 0) is 0 Å². The number of hydrogen-bond donors (Lipinski definition) is 1. The molecule has 2 fully saturated rings. The molecule has 32 heavy (non-hydrogen) atoms. The van der Waals surface area contributed by atoms with E-state index in [0.29, 0.717) is 16.7 Å². The van der Waals surface area contributed by atoms with Crippen molar-refractivity contribution in [2.75, 3.05) is 0 Å². The van der Waals surface area contributed by atoms with Crippen molar-refractivity contribution in [3.8, 4) is 0 Å². The zero-order valence-electron chi connectivity index (χ0n) is 22.2. The number of alkyl halides is 1. The Morgan fingerprint density at radius 2 is 1.69 bits per heavy atom. The minimum atomic E-state index is -0.728. The predicted molar refractivity (Wildman–Crippen MR) is 141 cm³/mol. The Hall–Kier alpha value is -0.0800. The van der Waals surface area contributed by atoms with Crippen LogP contribution in [0.15, 0.2) is 22.8 Å². The van der Waals surface area contributed by atoms with E-state index in [0.717, 1.165) is 24.7 Å². The molecule has 0 aromatic heterocycles. The molecule has 0 aromatic rings. The molecule has 4 rings (SSSR count). The van der Waals surface area contributed by atoms with Crippen molar-refractivity contribution in [2.24, 2.45) is 39.4 Å². The molecule has 2 unspecified atom stereocenters. The van der Waals surface area contributed by atoms with Crippen LogP contribution in [0.3, 0.4) is 0 Å². The van der Waals surface area contributed by atoms with Gasteiger partial charge in [0.05, 0.1) is 0 Å². The second kappa shape index (κ2) is 7.97. The van der Waals surface area contributed by atoms with Crippen molar-refractivity contribution in [2.45, 2.75) is 124 Å². The fraction of sp³-hybridized carbons (Fsp3) is 0.867. The Balaban J connectivity index is 1.66. The van der Waals surface area contributed by atoms with Gasteiger partial charge in [-0.2, -0.15) is 0 Å². The third-order valence-electron chi connectivity index (χ3n) is 11.8. The summed E-state index contributed by atoms with van der Waals surface area (Å²) in [5, 5.41) is 11.2. The first-order chi connectivity index (χ1) is 14.7. The monoisotopic (exact) mass is 504 g/mol. The second-order valence-corrected chi connectivity index (χ2v) is 15.0. The molecule has 182 valence electrons. The lowest BCUT2D eigenvalue weighted by atomic mass is 9.43. The van der Waals surface area contributed by atoms with Crippen LogP contribution in [0, 0.1) is 39.4 Å². The summed E-state index contributed by atoms with van der Waals surface area (Å²) < 4.78 is -0.728. The molecule has 0 aromatic carbocycles. The van der Waals surface area contributed by atoms with Crippen LogP contribution in [-0.4, -0.2) is 9.62 Å². The van der Waals surface area contributed by atoms with Crippen LogP contribution in [0.25, 0.3) is 0 Å². The number of allylic oxidation sites excluding steroid dienone is 4. The van der Waals surface area contributed by atoms with Gasteiger partial charge in [-0.15, -0.1) is 0 Å². The highest BCUT2D eigenvalue weighted by atomic mass is 79.9. The van der Waals surface area contributed by atoms with Crippen LogP contribution in [0.5, 0.6) is 0 Å². The number of aliphatic hydroxyl groups is 1. The van der Waals surface area contributed by atoms with Gasteiger partial charge in [-0.25, -0.2) is 0 Å². The standard InChI is InChI=1S/C30H49BrO/c1-20(2)10-9-11-21(3)22-14-16-29(8)24-12-13-25-26(4,5)30(31,32)19-18-27(25,6)23(24)15-17-28(22,29)7/h10,21-22,25,32H,9,11-19H2,1-8H3/t21-,22-,25?,27-,28+,29+,30?/m1/s1. The van der Waals surface area contributed by atoms with Gasteiger partial charge < -0.3 is 5.11 Å². The summed E-state index contributed by atoms with van der Waals surface area (Å²) in [5.74, 6) is 2.22. The van der Waals surface area contributed by atoms with Gasteiger partial charge in [0.25, 0.3) is 0 Å². The fourth-order valence-electron chi connectivity index (χ4n) is 9.40. The molecule has 0 spiro atoms. The van der Waals surface area contributed by atoms with Crippen molar-refractivity contribution >= 4 is 15.9 Å². The molecular formula is C30H49BrO. The van der Waals surface area contributed by atoms with Crippen LogP contribution >= 0.6 is 15.9 Å². The molecule has 7 atom stereocenters. The quantitative estimate of drug-likeness (QED) is 0.298. The van der Waals surface area contributed by atoms with E-state index in [4.69, 9.17) is 0 Å². The lowest BCUT2D eigenvalue weighted by molar-refractivity contribution is -0.112. The van der Waals surface area contributed by atoms with Crippen LogP contribution in [0.2, 0.25) is 0 Å². The Kier molecular flexibility index (Phi) is 6.24. The minimum absolute atomic E-state index is 0.0994. The number of hydrogen-bond acceptors (Lipinski definition) is 1. The Morgan fingerprint density at radius 1 is 1.00 bits per heavy atom. The van der Waals surface area contributed by atoms with Crippen molar-refractivity contribution in [1.82, 2.24) is 0 Å². The molecule has 0 heterocycles. The Bertz CT molecular complexity index is 815. The van der Waals surface area contributed by atoms with Crippen molar-refractivity contribution in [3.05, 3.63) is 22.8 Å². The Morgan fingerprint density at radius 3 is 2.34 bits per heavy atom. The van der Waals surface area contributed by atoms with E-state index in [1.165, 1.54) is 56.9 Å². The van der Waals surface area contributed by atoms with Gasteiger partial charge in [-0.3, -0.25) is 0 Å². The zero-order chi connectivity index (χ0) is 23.7. The SMILES string of the molecule is CC(C)=CCC[C@@H](C)[C@H]1CC[C@@]2(C)C3=C(CC[C@@]12C)[C@@]1(C)CCC(O)(Br)C(C)(C)C1CC3. The predicted octanol–water partition coefficient (Wildman–Crippen LogP) is 9.20. The maximum absolute atomic E-state index is 11.2. The van der Waals surface area contributed by atoms with E-state index in [1.807, 2.05) is 11.1 Å². The molecule has 0 bridgehead atoms. The van der Waals surface area contributed by atoms with Crippen molar-refractivity contribution in [3.63, 3.8) is 0 Å². The smallest absolute Gasteiger partial charge is 0.124 e. The van der Waals surface area contributed by atoms with Crippen molar-refractivity contribution < 1.29 is 5.11 Å². The zero-order valence-corrected chi connectivity index (χ0v) is 23.8. The highest BCUT2D eigenvalue weighted by Crippen LogP contribution is 2.73. The lowest BCUT2D eigenvalue weighted by Gasteiger charge is -2.63. The maximum Gasteiger partial charge on any atom is 0.124 e.